The van der Waals surface area contributed by atoms with Crippen molar-refractivity contribution in [1.29, 1.82) is 0 Å². The number of anilines is 4. The highest BCUT2D eigenvalue weighted by atomic mass is 35.5. The van der Waals surface area contributed by atoms with Crippen LogP contribution in [0.5, 0.6) is 5.75 Å². The van der Waals surface area contributed by atoms with Crippen LogP contribution in [0.1, 0.15) is 51.0 Å². The van der Waals surface area contributed by atoms with E-state index in [4.69, 9.17) is 21.5 Å². The smallest absolute Gasteiger partial charge is 0.229 e. The lowest BCUT2D eigenvalue weighted by Crippen LogP contribution is -2.38. The van der Waals surface area contributed by atoms with Gasteiger partial charge in [-0.05, 0) is 50.2 Å². The molecule has 1 fully saturated rings. The zero-order chi connectivity index (χ0) is 25.9. The van der Waals surface area contributed by atoms with Gasteiger partial charge in [-0.3, -0.25) is 4.79 Å². The van der Waals surface area contributed by atoms with E-state index in [1.54, 1.807) is 12.0 Å². The minimum Gasteiger partial charge on any atom is -0.494 e. The van der Waals surface area contributed by atoms with Gasteiger partial charge in [-0.1, -0.05) is 24.4 Å². The number of fused-ring (bicyclic) bond motifs is 1. The van der Waals surface area contributed by atoms with E-state index in [2.05, 4.69) is 20.6 Å². The van der Waals surface area contributed by atoms with Crippen LogP contribution in [0.4, 0.5) is 23.1 Å². The number of hydrogen-bond acceptors (Lipinski definition) is 8. The summed E-state index contributed by atoms with van der Waals surface area (Å²) >= 11 is 6.40. The molecule has 1 saturated carbocycles. The van der Waals surface area contributed by atoms with Gasteiger partial charge in [0.2, 0.25) is 21.9 Å². The quantitative estimate of drug-likeness (QED) is 0.462. The fraction of sp³-hybridized carbons (Fsp3) is 0.542. The molecule has 36 heavy (non-hydrogen) atoms. The Morgan fingerprint density at radius 3 is 2.72 bits per heavy atom. The number of nitrogens with two attached hydrogens (primary N) is 1. The highest BCUT2D eigenvalue weighted by molar-refractivity contribution is 7.89. The standard InChI is InChI=1S/C24H33ClN6O4S/c1-3-31-20-12-21(35-2)19(11-15(20)8-6-10-22(31)32)29-24-27-13-17(25)23(30-24)28-18-9-5-4-7-16(18)14-36(26,33)34/h11-13,16,18H,3-10,14H2,1-2H3,(H2,26,33,34)(H2,27,28,29,30)/t16-,18+/m0/s1. The number of methoxy groups -OCH3 is 1. The Balaban J connectivity index is 1.59. The predicted octanol–water partition coefficient (Wildman–Crippen LogP) is 3.83. The molecule has 1 aromatic carbocycles. The zero-order valence-electron chi connectivity index (χ0n) is 20.6. The first-order chi connectivity index (χ1) is 17.2. The van der Waals surface area contributed by atoms with Gasteiger partial charge in [0, 0.05) is 25.1 Å². The first kappa shape index (κ1) is 26.4. The van der Waals surface area contributed by atoms with E-state index in [0.717, 1.165) is 49.8 Å². The summed E-state index contributed by atoms with van der Waals surface area (Å²) in [7, 11) is -2.02. The number of rotatable bonds is 8. The largest absolute Gasteiger partial charge is 0.494 e. The maximum absolute atomic E-state index is 12.5. The number of amides is 1. The van der Waals surface area contributed by atoms with Crippen molar-refractivity contribution in [2.75, 3.05) is 34.9 Å². The fourth-order valence-corrected chi connectivity index (χ4v) is 6.24. The predicted molar refractivity (Wildman–Crippen MR) is 142 cm³/mol. The van der Waals surface area contributed by atoms with Crippen molar-refractivity contribution in [3.63, 3.8) is 0 Å². The molecule has 0 bridgehead atoms. The molecule has 0 radical (unpaired) electrons. The summed E-state index contributed by atoms with van der Waals surface area (Å²) in [6.45, 7) is 2.55. The lowest BCUT2D eigenvalue weighted by molar-refractivity contribution is -0.118. The third kappa shape index (κ3) is 6.19. The molecule has 2 aliphatic rings. The van der Waals surface area contributed by atoms with E-state index < -0.39 is 10.0 Å². The van der Waals surface area contributed by atoms with Crippen LogP contribution in [0.2, 0.25) is 5.02 Å². The SMILES string of the molecule is CCN1C(=O)CCCc2cc(Nc3ncc(Cl)c(N[C@@H]4CCCC[C@H]4CS(N)(=O)=O)n3)c(OC)cc21. The second-order valence-electron chi connectivity index (χ2n) is 9.31. The number of aryl methyl sites for hydroxylation is 1. The first-order valence-corrected chi connectivity index (χ1v) is 14.4. The number of nitrogens with one attached hydrogen (secondary N) is 2. The molecule has 0 saturated heterocycles. The van der Waals surface area contributed by atoms with Crippen molar-refractivity contribution in [3.05, 3.63) is 28.9 Å². The van der Waals surface area contributed by atoms with Crippen LogP contribution in [0.15, 0.2) is 18.3 Å². The first-order valence-electron chi connectivity index (χ1n) is 12.3. The van der Waals surface area contributed by atoms with Gasteiger partial charge in [0.05, 0.1) is 30.4 Å². The maximum atomic E-state index is 12.5. The van der Waals surface area contributed by atoms with Crippen LogP contribution in [0.3, 0.4) is 0 Å². The summed E-state index contributed by atoms with van der Waals surface area (Å²) in [5.74, 6) is 1.22. The molecule has 1 amide bonds. The molecule has 1 aromatic heterocycles. The number of aromatic nitrogens is 2. The molecule has 4 N–H and O–H groups in total. The minimum absolute atomic E-state index is 0.0813. The Hall–Kier alpha value is -2.63. The number of carbonyl (C=O) groups is 1. The number of primary sulfonamides is 1. The molecule has 2 aromatic rings. The van der Waals surface area contributed by atoms with E-state index in [1.807, 2.05) is 19.1 Å². The Morgan fingerprint density at radius 1 is 1.22 bits per heavy atom. The van der Waals surface area contributed by atoms with Crippen LogP contribution in [0.25, 0.3) is 0 Å². The lowest BCUT2D eigenvalue weighted by atomic mass is 9.86. The van der Waals surface area contributed by atoms with Gasteiger partial charge >= 0.3 is 0 Å². The molecule has 1 aliphatic carbocycles. The number of halogens is 1. The monoisotopic (exact) mass is 536 g/mol. The van der Waals surface area contributed by atoms with E-state index in [9.17, 15) is 13.2 Å². The summed E-state index contributed by atoms with van der Waals surface area (Å²) in [5, 5.41) is 12.2. The second kappa shape index (κ2) is 11.2. The highest BCUT2D eigenvalue weighted by Crippen LogP contribution is 2.38. The van der Waals surface area contributed by atoms with Crippen LogP contribution < -0.4 is 25.4 Å². The maximum Gasteiger partial charge on any atom is 0.229 e. The zero-order valence-corrected chi connectivity index (χ0v) is 22.2. The van der Waals surface area contributed by atoms with E-state index >= 15 is 0 Å². The molecule has 4 rings (SSSR count). The van der Waals surface area contributed by atoms with Gasteiger partial charge in [0.25, 0.3) is 0 Å². The Bertz CT molecular complexity index is 1230. The summed E-state index contributed by atoms with van der Waals surface area (Å²) in [6.07, 6.45) is 7.08. The molecular formula is C24H33ClN6O4S. The van der Waals surface area contributed by atoms with Crippen LogP contribution in [0, 0.1) is 5.92 Å². The van der Waals surface area contributed by atoms with Crippen molar-refractivity contribution in [1.82, 2.24) is 9.97 Å². The third-order valence-electron chi connectivity index (χ3n) is 6.81. The van der Waals surface area contributed by atoms with Crippen LogP contribution in [-0.2, 0) is 21.2 Å². The van der Waals surface area contributed by atoms with Crippen LogP contribution in [-0.4, -0.2) is 49.7 Å². The van der Waals surface area contributed by atoms with E-state index in [1.165, 1.54) is 6.20 Å². The highest BCUT2D eigenvalue weighted by Gasteiger charge is 2.29. The molecular weight excluding hydrogens is 504 g/mol. The molecule has 12 heteroatoms. The summed E-state index contributed by atoms with van der Waals surface area (Å²) < 4.78 is 29.1. The van der Waals surface area contributed by atoms with Gasteiger partial charge < -0.3 is 20.3 Å². The van der Waals surface area contributed by atoms with Gasteiger partial charge in [-0.15, -0.1) is 0 Å². The van der Waals surface area contributed by atoms with Crippen molar-refractivity contribution in [3.8, 4) is 5.75 Å². The Kier molecular flexibility index (Phi) is 8.21. The fourth-order valence-electron chi connectivity index (χ4n) is 5.10. The summed E-state index contributed by atoms with van der Waals surface area (Å²) in [6, 6.07) is 3.74. The topological polar surface area (TPSA) is 140 Å². The van der Waals surface area contributed by atoms with Crippen molar-refractivity contribution >= 4 is 50.7 Å². The Labute approximate surface area is 217 Å². The minimum atomic E-state index is -3.59. The molecule has 2 atom stereocenters. The lowest BCUT2D eigenvalue weighted by Gasteiger charge is -2.32. The molecule has 10 nitrogen and oxygen atoms in total. The number of hydrogen-bond donors (Lipinski definition) is 3. The Morgan fingerprint density at radius 2 is 2.00 bits per heavy atom. The van der Waals surface area contributed by atoms with Gasteiger partial charge in [-0.2, -0.15) is 4.98 Å². The summed E-state index contributed by atoms with van der Waals surface area (Å²) in [5.41, 5.74) is 2.59. The molecule has 0 spiro atoms. The third-order valence-corrected chi connectivity index (χ3v) is 7.98. The second-order valence-corrected chi connectivity index (χ2v) is 11.4. The molecule has 0 unspecified atom stereocenters. The number of sulfonamides is 1. The van der Waals surface area contributed by atoms with Gasteiger partial charge in [-0.25, -0.2) is 18.5 Å². The van der Waals surface area contributed by atoms with Gasteiger partial charge in [0.15, 0.2) is 5.82 Å². The van der Waals surface area contributed by atoms with Crippen molar-refractivity contribution in [2.24, 2.45) is 11.1 Å². The van der Waals surface area contributed by atoms with E-state index in [0.29, 0.717) is 41.2 Å². The van der Waals surface area contributed by atoms with Crippen molar-refractivity contribution < 1.29 is 17.9 Å². The van der Waals surface area contributed by atoms with Crippen molar-refractivity contribution in [2.45, 2.75) is 57.9 Å². The number of nitrogens with zero attached hydrogens (tertiary/aromatic N) is 3. The normalized spacial score (nSPS) is 20.4. The average molecular weight is 537 g/mol. The molecule has 2 heterocycles. The van der Waals surface area contributed by atoms with Gasteiger partial charge in [0.1, 0.15) is 10.8 Å². The average Bonchev–Trinajstić information content (AvgIpc) is 2.98. The van der Waals surface area contributed by atoms with Crippen LogP contribution >= 0.6 is 11.6 Å². The number of carbonyl (C=O) groups excluding carboxylic acids is 1. The molecule has 196 valence electrons. The molecule has 1 aliphatic heterocycles. The summed E-state index contributed by atoms with van der Waals surface area (Å²) in [4.78, 5) is 23.2. The van der Waals surface area contributed by atoms with E-state index in [-0.39, 0.29) is 23.6 Å². The number of benzene rings is 1. The number of ether oxygens (including phenoxy) is 1.